The van der Waals surface area contributed by atoms with Crippen LogP contribution in [0, 0.1) is 11.6 Å². The van der Waals surface area contributed by atoms with Crippen LogP contribution in [-0.4, -0.2) is 11.0 Å². The maximum absolute atomic E-state index is 13.4. The fourth-order valence-corrected chi connectivity index (χ4v) is 1.96. The predicted octanol–water partition coefficient (Wildman–Crippen LogP) is 2.32. The molecule has 0 aliphatic carbocycles. The molecule has 0 aliphatic heterocycles. The van der Waals surface area contributed by atoms with Crippen molar-refractivity contribution in [2.45, 2.75) is 19.6 Å². The van der Waals surface area contributed by atoms with E-state index >= 15 is 0 Å². The van der Waals surface area contributed by atoms with Gasteiger partial charge in [-0.05, 0) is 17.2 Å². The lowest BCUT2D eigenvalue weighted by Crippen LogP contribution is -2.25. The Balaban J connectivity index is 1.94. The molecular weight excluding hydrogens is 276 g/mol. The Labute approximate surface area is 121 Å². The van der Waals surface area contributed by atoms with Gasteiger partial charge in [0.25, 0.3) is 0 Å². The van der Waals surface area contributed by atoms with Crippen molar-refractivity contribution in [1.29, 1.82) is 0 Å². The number of aliphatic hydroxyl groups excluding tert-OH is 1. The van der Waals surface area contributed by atoms with Crippen LogP contribution in [0.4, 0.5) is 8.78 Å². The molecule has 3 nitrogen and oxygen atoms in total. The zero-order valence-corrected chi connectivity index (χ0v) is 11.3. The maximum atomic E-state index is 13.4. The summed E-state index contributed by atoms with van der Waals surface area (Å²) in [7, 11) is 0. The molecule has 0 atom stereocenters. The van der Waals surface area contributed by atoms with E-state index in [-0.39, 0.29) is 25.1 Å². The second kappa shape index (κ2) is 6.95. The molecule has 2 aromatic carbocycles. The summed E-state index contributed by atoms with van der Waals surface area (Å²) in [6.07, 6.45) is -0.219. The average Bonchev–Trinajstić information content (AvgIpc) is 2.50. The van der Waals surface area contributed by atoms with Crippen LogP contribution in [0.2, 0.25) is 0 Å². The second-order valence-electron chi connectivity index (χ2n) is 4.64. The monoisotopic (exact) mass is 291 g/mol. The summed E-state index contributed by atoms with van der Waals surface area (Å²) < 4.78 is 26.5. The summed E-state index contributed by atoms with van der Waals surface area (Å²) in [5.41, 5.74) is 1.60. The Bertz CT molecular complexity index is 644. The highest BCUT2D eigenvalue weighted by Crippen LogP contribution is 2.12. The number of aliphatic hydroxyl groups is 1. The SMILES string of the molecule is O=C(Cc1cccc(F)c1F)NCc1cccc(CO)c1. The van der Waals surface area contributed by atoms with E-state index in [1.807, 2.05) is 6.07 Å². The van der Waals surface area contributed by atoms with Gasteiger partial charge >= 0.3 is 0 Å². The van der Waals surface area contributed by atoms with Crippen LogP contribution in [0.25, 0.3) is 0 Å². The quantitative estimate of drug-likeness (QED) is 0.888. The fraction of sp³-hybridized carbons (Fsp3) is 0.188. The number of amides is 1. The minimum Gasteiger partial charge on any atom is -0.392 e. The first-order valence-electron chi connectivity index (χ1n) is 6.48. The van der Waals surface area contributed by atoms with Crippen LogP contribution in [0.5, 0.6) is 0 Å². The van der Waals surface area contributed by atoms with Gasteiger partial charge in [0.1, 0.15) is 0 Å². The van der Waals surface area contributed by atoms with Gasteiger partial charge in [-0.3, -0.25) is 4.79 Å². The van der Waals surface area contributed by atoms with E-state index in [2.05, 4.69) is 5.32 Å². The molecule has 0 saturated carbocycles. The van der Waals surface area contributed by atoms with Crippen molar-refractivity contribution in [3.8, 4) is 0 Å². The largest absolute Gasteiger partial charge is 0.392 e. The van der Waals surface area contributed by atoms with Gasteiger partial charge < -0.3 is 10.4 Å². The Morgan fingerprint density at radius 2 is 1.81 bits per heavy atom. The zero-order valence-electron chi connectivity index (χ0n) is 11.3. The molecule has 0 aromatic heterocycles. The van der Waals surface area contributed by atoms with Crippen LogP contribution in [-0.2, 0) is 24.4 Å². The molecular formula is C16H15F2NO2. The first-order chi connectivity index (χ1) is 10.1. The molecule has 2 N–H and O–H groups in total. The van der Waals surface area contributed by atoms with Gasteiger partial charge in [0.2, 0.25) is 5.91 Å². The third kappa shape index (κ3) is 4.10. The van der Waals surface area contributed by atoms with Crippen molar-refractivity contribution in [2.75, 3.05) is 0 Å². The van der Waals surface area contributed by atoms with Gasteiger partial charge in [0, 0.05) is 12.1 Å². The molecule has 0 aliphatic rings. The van der Waals surface area contributed by atoms with Crippen LogP contribution in [0.15, 0.2) is 42.5 Å². The molecule has 5 heteroatoms. The van der Waals surface area contributed by atoms with E-state index < -0.39 is 17.5 Å². The van der Waals surface area contributed by atoms with Crippen molar-refractivity contribution in [2.24, 2.45) is 0 Å². The number of benzene rings is 2. The Morgan fingerprint density at radius 1 is 1.10 bits per heavy atom. The third-order valence-corrected chi connectivity index (χ3v) is 3.05. The normalized spacial score (nSPS) is 10.4. The van der Waals surface area contributed by atoms with Gasteiger partial charge in [0.15, 0.2) is 11.6 Å². The van der Waals surface area contributed by atoms with Gasteiger partial charge in [-0.15, -0.1) is 0 Å². The van der Waals surface area contributed by atoms with E-state index in [9.17, 15) is 13.6 Å². The molecule has 2 aromatic rings. The summed E-state index contributed by atoms with van der Waals surface area (Å²) in [6.45, 7) is 0.194. The van der Waals surface area contributed by atoms with Gasteiger partial charge in [-0.2, -0.15) is 0 Å². The van der Waals surface area contributed by atoms with Crippen molar-refractivity contribution < 1.29 is 18.7 Å². The molecule has 21 heavy (non-hydrogen) atoms. The Kier molecular flexibility index (Phi) is 5.00. The van der Waals surface area contributed by atoms with Gasteiger partial charge in [0.05, 0.1) is 13.0 Å². The molecule has 0 fully saturated rings. The van der Waals surface area contributed by atoms with Crippen molar-refractivity contribution in [3.05, 3.63) is 70.8 Å². The summed E-state index contributed by atoms with van der Waals surface area (Å²) in [6, 6.07) is 10.9. The molecule has 0 radical (unpaired) electrons. The molecule has 2 rings (SSSR count). The van der Waals surface area contributed by atoms with Crippen LogP contribution >= 0.6 is 0 Å². The van der Waals surface area contributed by atoms with Crippen molar-refractivity contribution in [1.82, 2.24) is 5.32 Å². The number of halogens is 2. The van der Waals surface area contributed by atoms with Crippen LogP contribution in [0.1, 0.15) is 16.7 Å². The van der Waals surface area contributed by atoms with E-state index in [1.165, 1.54) is 12.1 Å². The molecule has 1 amide bonds. The lowest BCUT2D eigenvalue weighted by Gasteiger charge is -2.07. The molecule has 0 bridgehead atoms. The lowest BCUT2D eigenvalue weighted by atomic mass is 10.1. The van der Waals surface area contributed by atoms with Gasteiger partial charge in [-0.1, -0.05) is 36.4 Å². The third-order valence-electron chi connectivity index (χ3n) is 3.05. The molecule has 0 unspecified atom stereocenters. The van der Waals surface area contributed by atoms with Crippen LogP contribution in [0.3, 0.4) is 0 Å². The highest BCUT2D eigenvalue weighted by atomic mass is 19.2. The van der Waals surface area contributed by atoms with Gasteiger partial charge in [-0.25, -0.2) is 8.78 Å². The smallest absolute Gasteiger partial charge is 0.224 e. The highest BCUT2D eigenvalue weighted by molar-refractivity contribution is 5.78. The second-order valence-corrected chi connectivity index (χ2v) is 4.64. The lowest BCUT2D eigenvalue weighted by molar-refractivity contribution is -0.120. The van der Waals surface area contributed by atoms with Crippen LogP contribution < -0.4 is 5.32 Å². The zero-order chi connectivity index (χ0) is 15.2. The molecule has 110 valence electrons. The number of hydrogen-bond acceptors (Lipinski definition) is 2. The summed E-state index contributed by atoms with van der Waals surface area (Å²) in [5.74, 6) is -2.35. The standard InChI is InChI=1S/C16H15F2NO2/c17-14-6-2-5-13(16(14)18)8-15(21)19-9-11-3-1-4-12(7-11)10-20/h1-7,20H,8-10H2,(H,19,21). The summed E-state index contributed by atoms with van der Waals surface area (Å²) in [4.78, 5) is 11.8. The Hall–Kier alpha value is -2.27. The van der Waals surface area contributed by atoms with E-state index in [0.29, 0.717) is 0 Å². The minimum atomic E-state index is -0.991. The summed E-state index contributed by atoms with van der Waals surface area (Å²) >= 11 is 0. The average molecular weight is 291 g/mol. The van der Waals surface area contributed by atoms with E-state index in [4.69, 9.17) is 5.11 Å². The van der Waals surface area contributed by atoms with E-state index in [0.717, 1.165) is 17.2 Å². The van der Waals surface area contributed by atoms with Crippen molar-refractivity contribution in [3.63, 3.8) is 0 Å². The number of nitrogens with one attached hydrogen (secondary N) is 1. The first-order valence-corrected chi connectivity index (χ1v) is 6.48. The number of carbonyl (C=O) groups is 1. The molecule has 0 spiro atoms. The summed E-state index contributed by atoms with van der Waals surface area (Å²) in [5, 5.41) is 11.7. The molecule has 0 heterocycles. The highest BCUT2D eigenvalue weighted by Gasteiger charge is 2.11. The number of carbonyl (C=O) groups excluding carboxylic acids is 1. The Morgan fingerprint density at radius 3 is 2.57 bits per heavy atom. The van der Waals surface area contributed by atoms with E-state index in [1.54, 1.807) is 18.2 Å². The number of hydrogen-bond donors (Lipinski definition) is 2. The molecule has 0 saturated heterocycles. The minimum absolute atomic E-state index is 0.0246. The number of rotatable bonds is 5. The predicted molar refractivity (Wildman–Crippen MR) is 74.3 cm³/mol. The fourth-order valence-electron chi connectivity index (χ4n) is 1.96. The maximum Gasteiger partial charge on any atom is 0.224 e. The van der Waals surface area contributed by atoms with Crippen molar-refractivity contribution >= 4 is 5.91 Å². The topological polar surface area (TPSA) is 49.3 Å². The first kappa shape index (κ1) is 15.1.